The predicted molar refractivity (Wildman–Crippen MR) is 188 cm³/mol. The van der Waals surface area contributed by atoms with Crippen LogP contribution >= 0.6 is 0 Å². The Morgan fingerprint density at radius 2 is 1.66 bits per heavy atom. The molecule has 2 heterocycles. The van der Waals surface area contributed by atoms with Crippen LogP contribution < -0.4 is 10.6 Å². The first-order chi connectivity index (χ1) is 25.5. The van der Waals surface area contributed by atoms with Crippen LogP contribution in [0, 0.1) is 17.3 Å². The highest BCUT2D eigenvalue weighted by molar-refractivity contribution is 5.96. The van der Waals surface area contributed by atoms with E-state index in [2.05, 4.69) is 10.6 Å². The molecule has 0 radical (unpaired) electrons. The molecule has 7 rings (SSSR count). The van der Waals surface area contributed by atoms with Crippen LogP contribution in [0.3, 0.4) is 0 Å². The number of ether oxygens (including phenoxy) is 5. The number of rotatable bonds is 13. The largest absolute Gasteiger partial charge is 0.462 e. The number of nitrogens with one attached hydrogen (secondary N) is 2. The predicted octanol–water partition coefficient (Wildman–Crippen LogP) is 3.39. The number of amides is 2. The minimum absolute atomic E-state index is 0.0997. The summed E-state index contributed by atoms with van der Waals surface area (Å²) in [5, 5.41) is 14.6. The van der Waals surface area contributed by atoms with E-state index in [0.29, 0.717) is 22.3 Å². The number of hydrogen-bond acceptors (Lipinski definition) is 11. The minimum Gasteiger partial charge on any atom is -0.462 e. The average Bonchev–Trinajstić information content (AvgIpc) is 4.10. The lowest BCUT2D eigenvalue weighted by molar-refractivity contribution is -0.209. The van der Waals surface area contributed by atoms with E-state index >= 15 is 0 Å². The first-order valence-corrected chi connectivity index (χ1v) is 18.1. The molecule has 4 fully saturated rings. The molecule has 3 N–H and O–H groups in total. The lowest BCUT2D eigenvalue weighted by atomic mass is 9.90. The van der Waals surface area contributed by atoms with Crippen LogP contribution in [0.4, 0.5) is 0 Å². The zero-order chi connectivity index (χ0) is 37.3. The molecule has 4 atom stereocenters. The molecule has 0 spiro atoms. The second kappa shape index (κ2) is 14.9. The molecule has 2 saturated carbocycles. The summed E-state index contributed by atoms with van der Waals surface area (Å²) in [5.74, 6) is -2.86. The Kier molecular flexibility index (Phi) is 10.2. The van der Waals surface area contributed by atoms with Crippen LogP contribution in [0.5, 0.6) is 0 Å². The summed E-state index contributed by atoms with van der Waals surface area (Å²) in [7, 11) is 0. The van der Waals surface area contributed by atoms with Crippen LogP contribution in [-0.2, 0) is 44.6 Å². The maximum absolute atomic E-state index is 13.7. The van der Waals surface area contributed by atoms with E-state index < -0.39 is 53.5 Å². The van der Waals surface area contributed by atoms with Gasteiger partial charge in [-0.1, -0.05) is 38.1 Å². The zero-order valence-electron chi connectivity index (χ0n) is 29.7. The Bertz CT molecular complexity index is 1830. The molecule has 4 unspecified atom stereocenters. The summed E-state index contributed by atoms with van der Waals surface area (Å²) < 4.78 is 29.9. The van der Waals surface area contributed by atoms with Gasteiger partial charge in [-0.2, -0.15) is 0 Å². The smallest absolute Gasteiger partial charge is 0.348 e. The molecule has 5 aliphatic rings. The van der Waals surface area contributed by atoms with Crippen molar-refractivity contribution >= 4 is 35.8 Å². The molecule has 3 aliphatic carbocycles. The van der Waals surface area contributed by atoms with Gasteiger partial charge in [0.05, 0.1) is 12.2 Å². The Morgan fingerprint density at radius 3 is 2.36 bits per heavy atom. The quantitative estimate of drug-likeness (QED) is 0.157. The number of aliphatic hydroxyl groups excluding tert-OH is 1. The lowest BCUT2D eigenvalue weighted by Gasteiger charge is -2.31. The van der Waals surface area contributed by atoms with Gasteiger partial charge >= 0.3 is 17.9 Å². The van der Waals surface area contributed by atoms with Gasteiger partial charge in [-0.05, 0) is 73.2 Å². The third kappa shape index (κ3) is 8.07. The molecule has 2 aliphatic heterocycles. The molecule has 13 heteroatoms. The van der Waals surface area contributed by atoms with E-state index in [0.717, 1.165) is 25.7 Å². The molecule has 2 saturated heterocycles. The second-order valence-electron chi connectivity index (χ2n) is 15.0. The van der Waals surface area contributed by atoms with E-state index in [1.807, 2.05) is 0 Å². The fourth-order valence-electron chi connectivity index (χ4n) is 7.19. The highest BCUT2D eigenvalue weighted by atomic mass is 16.8. The molecular formula is C40H44N2O11. The van der Waals surface area contributed by atoms with Gasteiger partial charge in [0, 0.05) is 54.0 Å². The number of benzene rings is 2. The van der Waals surface area contributed by atoms with Crippen molar-refractivity contribution in [2.24, 2.45) is 17.3 Å². The first kappa shape index (κ1) is 36.5. The standard InChI is InChI=1S/C40H44N2O11/c1-39(2)22-49-38(48)34(39)51-32(44)14-9-23-5-3-8-26(17-23)37(47)50-30-19-27(20-31-33(30)53-40(52-31,28-10-11-28)29-12-13-29)36(46)42-21-24-6-4-7-25(18-24)35(45)41-15-16-43/h3-9,14,17-18,20,28-31,33-34,43H,10-13,15-16,19,21-22H2,1-2H3,(H,41,45)(H,42,46). The fourth-order valence-corrected chi connectivity index (χ4v) is 7.19. The number of esters is 3. The van der Waals surface area contributed by atoms with Gasteiger partial charge < -0.3 is 39.4 Å². The van der Waals surface area contributed by atoms with Crippen LogP contribution in [-0.4, -0.2) is 84.8 Å². The fraction of sp³-hybridized carbons (Fsp3) is 0.475. The zero-order valence-corrected chi connectivity index (χ0v) is 29.7. The van der Waals surface area contributed by atoms with Crippen molar-refractivity contribution in [2.45, 2.75) is 82.7 Å². The molecule has 53 heavy (non-hydrogen) atoms. The third-order valence-corrected chi connectivity index (χ3v) is 10.3. The summed E-state index contributed by atoms with van der Waals surface area (Å²) in [6.45, 7) is 3.83. The number of hydrogen-bond donors (Lipinski definition) is 3. The second-order valence-corrected chi connectivity index (χ2v) is 15.0. The Hall–Kier alpha value is -4.85. The third-order valence-electron chi connectivity index (χ3n) is 10.3. The Morgan fingerprint density at radius 1 is 0.925 bits per heavy atom. The van der Waals surface area contributed by atoms with Gasteiger partial charge in [0.1, 0.15) is 24.9 Å². The van der Waals surface area contributed by atoms with E-state index in [1.54, 1.807) is 68.5 Å². The van der Waals surface area contributed by atoms with Crippen molar-refractivity contribution in [3.63, 3.8) is 0 Å². The summed E-state index contributed by atoms with van der Waals surface area (Å²) in [6, 6.07) is 13.4. The van der Waals surface area contributed by atoms with Gasteiger partial charge in [-0.15, -0.1) is 0 Å². The highest BCUT2D eigenvalue weighted by Crippen LogP contribution is 2.59. The van der Waals surface area contributed by atoms with Gasteiger partial charge in [0.15, 0.2) is 5.79 Å². The molecule has 0 bridgehead atoms. The van der Waals surface area contributed by atoms with Crippen LogP contribution in [0.2, 0.25) is 0 Å². The molecule has 2 amide bonds. The van der Waals surface area contributed by atoms with Crippen molar-refractivity contribution in [1.29, 1.82) is 0 Å². The molecule has 2 aromatic rings. The monoisotopic (exact) mass is 728 g/mol. The van der Waals surface area contributed by atoms with E-state index in [4.69, 9.17) is 28.8 Å². The van der Waals surface area contributed by atoms with Crippen molar-refractivity contribution in [1.82, 2.24) is 10.6 Å². The van der Waals surface area contributed by atoms with Crippen molar-refractivity contribution in [3.8, 4) is 0 Å². The van der Waals surface area contributed by atoms with Gasteiger partial charge in [-0.25, -0.2) is 14.4 Å². The van der Waals surface area contributed by atoms with Crippen LogP contribution in [0.1, 0.15) is 77.8 Å². The summed E-state index contributed by atoms with van der Waals surface area (Å²) in [6.07, 6.45) is 5.50. The summed E-state index contributed by atoms with van der Waals surface area (Å²) in [5.41, 5.74) is 1.64. The normalized spacial score (nSPS) is 25.6. The van der Waals surface area contributed by atoms with Crippen molar-refractivity contribution < 1.29 is 52.8 Å². The number of aliphatic hydroxyl groups is 1. The van der Waals surface area contributed by atoms with Gasteiger partial charge in [0.2, 0.25) is 12.0 Å². The average molecular weight is 729 g/mol. The Labute approximate surface area is 307 Å². The molecule has 280 valence electrons. The molecule has 0 aromatic heterocycles. The van der Waals surface area contributed by atoms with Gasteiger partial charge in [-0.3, -0.25) is 9.59 Å². The maximum Gasteiger partial charge on any atom is 0.348 e. The summed E-state index contributed by atoms with van der Waals surface area (Å²) >= 11 is 0. The van der Waals surface area contributed by atoms with E-state index in [9.17, 15) is 24.0 Å². The SMILES string of the molecule is CC1(C)COC(=O)C1OC(=O)C=Cc1cccc(C(=O)OC2CC(C(=O)NCc3cccc(C(=O)NCCO)c3)=CC3OC(C4CC4)(C4CC4)OC32)c1. The lowest BCUT2D eigenvalue weighted by Crippen LogP contribution is -2.44. The van der Waals surface area contributed by atoms with Crippen molar-refractivity contribution in [3.05, 3.63) is 88.5 Å². The van der Waals surface area contributed by atoms with Gasteiger partial charge in [0.25, 0.3) is 5.91 Å². The highest BCUT2D eigenvalue weighted by Gasteiger charge is 2.64. The van der Waals surface area contributed by atoms with Crippen molar-refractivity contribution in [2.75, 3.05) is 19.8 Å². The number of carbonyl (C=O) groups is 5. The minimum atomic E-state index is -1.01. The number of carbonyl (C=O) groups excluding carboxylic acids is 5. The molecule has 13 nitrogen and oxygen atoms in total. The molecular weight excluding hydrogens is 684 g/mol. The molecule has 2 aromatic carbocycles. The Balaban J connectivity index is 1.04. The van der Waals surface area contributed by atoms with E-state index in [-0.39, 0.29) is 61.9 Å². The maximum atomic E-state index is 13.7. The van der Waals surface area contributed by atoms with E-state index in [1.165, 1.54) is 12.2 Å². The topological polar surface area (TPSA) is 176 Å². The van der Waals surface area contributed by atoms with Crippen LogP contribution in [0.15, 0.2) is 66.3 Å². The number of fused-ring (bicyclic) bond motifs is 1. The first-order valence-electron chi connectivity index (χ1n) is 18.1. The number of cyclic esters (lactones) is 1. The van der Waals surface area contributed by atoms with Crippen LogP contribution in [0.25, 0.3) is 6.08 Å². The summed E-state index contributed by atoms with van der Waals surface area (Å²) in [4.78, 5) is 64.2.